The summed E-state index contributed by atoms with van der Waals surface area (Å²) < 4.78 is 1.39. The maximum absolute atomic E-state index is 11.7. The third-order valence-electron chi connectivity index (χ3n) is 4.16. The SMILES string of the molecule is CNCc1ccc(-n2ccc(N)nc2=O)cc1Cl.NC1CCCCC1. The van der Waals surface area contributed by atoms with E-state index >= 15 is 0 Å². The molecule has 0 bridgehead atoms. The lowest BCUT2D eigenvalue weighted by Crippen LogP contribution is -2.22. The van der Waals surface area contributed by atoms with Crippen molar-refractivity contribution in [2.75, 3.05) is 12.8 Å². The number of hydrogen-bond acceptors (Lipinski definition) is 5. The van der Waals surface area contributed by atoms with Crippen molar-refractivity contribution in [3.8, 4) is 5.69 Å². The third kappa shape index (κ3) is 5.85. The molecular weight excluding hydrogens is 338 g/mol. The summed E-state index contributed by atoms with van der Waals surface area (Å²) in [5.74, 6) is 0.203. The van der Waals surface area contributed by atoms with Crippen molar-refractivity contribution < 1.29 is 0 Å². The molecule has 0 atom stereocenters. The van der Waals surface area contributed by atoms with Crippen LogP contribution in [0.15, 0.2) is 35.3 Å². The zero-order chi connectivity index (χ0) is 18.2. The zero-order valence-corrected chi connectivity index (χ0v) is 15.3. The predicted molar refractivity (Wildman–Crippen MR) is 103 cm³/mol. The van der Waals surface area contributed by atoms with Gasteiger partial charge >= 0.3 is 5.69 Å². The zero-order valence-electron chi connectivity index (χ0n) is 14.5. The summed E-state index contributed by atoms with van der Waals surface area (Å²) in [5, 5.41) is 3.62. The number of nitrogens with two attached hydrogens (primary N) is 2. The molecule has 1 heterocycles. The summed E-state index contributed by atoms with van der Waals surface area (Å²) in [5.41, 5.74) is 12.3. The first-order valence-corrected chi connectivity index (χ1v) is 8.93. The highest BCUT2D eigenvalue weighted by molar-refractivity contribution is 6.31. The summed E-state index contributed by atoms with van der Waals surface area (Å²) in [6.45, 7) is 0.675. The lowest BCUT2D eigenvalue weighted by Gasteiger charge is -2.15. The van der Waals surface area contributed by atoms with E-state index < -0.39 is 5.69 Å². The number of rotatable bonds is 3. The molecule has 25 heavy (non-hydrogen) atoms. The van der Waals surface area contributed by atoms with Gasteiger partial charge in [-0.2, -0.15) is 4.98 Å². The molecule has 1 saturated carbocycles. The summed E-state index contributed by atoms with van der Waals surface area (Å²) >= 11 is 6.14. The van der Waals surface area contributed by atoms with Gasteiger partial charge in [-0.05, 0) is 43.7 Å². The molecule has 1 aliphatic carbocycles. The lowest BCUT2D eigenvalue weighted by molar-refractivity contribution is 0.441. The Labute approximate surface area is 153 Å². The van der Waals surface area contributed by atoms with Gasteiger partial charge < -0.3 is 16.8 Å². The minimum atomic E-state index is -0.424. The van der Waals surface area contributed by atoms with Crippen molar-refractivity contribution in [1.82, 2.24) is 14.9 Å². The summed E-state index contributed by atoms with van der Waals surface area (Å²) in [6, 6.07) is 7.52. The monoisotopic (exact) mass is 363 g/mol. The number of nitrogen functional groups attached to an aromatic ring is 1. The molecule has 1 aliphatic rings. The molecular formula is C18H26ClN5O. The summed E-state index contributed by atoms with van der Waals surface area (Å²) in [6.07, 6.45) is 8.24. The van der Waals surface area contributed by atoms with Crippen LogP contribution in [-0.2, 0) is 6.54 Å². The highest BCUT2D eigenvalue weighted by Crippen LogP contribution is 2.19. The minimum Gasteiger partial charge on any atom is -0.383 e. The van der Waals surface area contributed by atoms with Crippen LogP contribution in [0.3, 0.4) is 0 Å². The summed E-state index contributed by atoms with van der Waals surface area (Å²) in [4.78, 5) is 15.3. The van der Waals surface area contributed by atoms with Crippen molar-refractivity contribution >= 4 is 17.4 Å². The van der Waals surface area contributed by atoms with Gasteiger partial charge in [-0.1, -0.05) is 36.9 Å². The number of halogens is 1. The van der Waals surface area contributed by atoms with Crippen LogP contribution in [0, 0.1) is 0 Å². The van der Waals surface area contributed by atoms with Crippen LogP contribution in [0.4, 0.5) is 5.82 Å². The van der Waals surface area contributed by atoms with E-state index in [1.165, 1.54) is 36.7 Å². The third-order valence-corrected chi connectivity index (χ3v) is 4.51. The van der Waals surface area contributed by atoms with Gasteiger partial charge in [0.15, 0.2) is 0 Å². The van der Waals surface area contributed by atoms with Gasteiger partial charge in [0.05, 0.1) is 5.69 Å². The number of hydrogen-bond donors (Lipinski definition) is 3. The molecule has 0 unspecified atom stereocenters. The molecule has 5 N–H and O–H groups in total. The number of nitrogens with zero attached hydrogens (tertiary/aromatic N) is 2. The van der Waals surface area contributed by atoms with E-state index in [9.17, 15) is 4.79 Å². The van der Waals surface area contributed by atoms with Crippen molar-refractivity contribution in [2.24, 2.45) is 5.73 Å². The topological polar surface area (TPSA) is 99.0 Å². The Hall–Kier alpha value is -1.89. The molecule has 2 aromatic rings. The lowest BCUT2D eigenvalue weighted by atomic mass is 9.97. The van der Waals surface area contributed by atoms with Crippen molar-refractivity contribution in [3.05, 3.63) is 51.5 Å². The number of benzene rings is 1. The molecule has 1 fully saturated rings. The average molecular weight is 364 g/mol. The van der Waals surface area contributed by atoms with Crippen LogP contribution >= 0.6 is 11.6 Å². The van der Waals surface area contributed by atoms with Crippen LogP contribution in [0.2, 0.25) is 5.02 Å². The largest absolute Gasteiger partial charge is 0.383 e. The molecule has 7 heteroatoms. The Kier molecular flexibility index (Phi) is 7.43. The van der Waals surface area contributed by atoms with E-state index in [1.54, 1.807) is 18.3 Å². The Bertz CT molecular complexity index is 740. The summed E-state index contributed by atoms with van der Waals surface area (Å²) in [7, 11) is 1.85. The first-order valence-electron chi connectivity index (χ1n) is 8.55. The van der Waals surface area contributed by atoms with Crippen molar-refractivity contribution in [2.45, 2.75) is 44.7 Å². The van der Waals surface area contributed by atoms with Gasteiger partial charge in [0.2, 0.25) is 0 Å². The van der Waals surface area contributed by atoms with E-state index in [-0.39, 0.29) is 5.82 Å². The van der Waals surface area contributed by atoms with Gasteiger partial charge in [-0.25, -0.2) is 4.79 Å². The van der Waals surface area contributed by atoms with E-state index in [4.69, 9.17) is 23.1 Å². The van der Waals surface area contributed by atoms with Gasteiger partial charge in [0.25, 0.3) is 0 Å². The van der Waals surface area contributed by atoms with Crippen molar-refractivity contribution in [1.29, 1.82) is 0 Å². The molecule has 0 saturated heterocycles. The Balaban J connectivity index is 0.000000269. The van der Waals surface area contributed by atoms with Crippen LogP contribution in [-0.4, -0.2) is 22.6 Å². The molecule has 1 aromatic carbocycles. The van der Waals surface area contributed by atoms with E-state index in [2.05, 4.69) is 10.3 Å². The quantitative estimate of drug-likeness (QED) is 0.778. The maximum Gasteiger partial charge on any atom is 0.354 e. The second kappa shape index (κ2) is 9.56. The fourth-order valence-corrected chi connectivity index (χ4v) is 3.01. The normalized spacial score (nSPS) is 14.7. The van der Waals surface area contributed by atoms with Gasteiger partial charge in [0, 0.05) is 23.8 Å². The first kappa shape index (κ1) is 19.4. The second-order valence-electron chi connectivity index (χ2n) is 6.21. The van der Waals surface area contributed by atoms with Gasteiger partial charge in [-0.15, -0.1) is 0 Å². The smallest absolute Gasteiger partial charge is 0.354 e. The Morgan fingerprint density at radius 3 is 2.52 bits per heavy atom. The molecule has 136 valence electrons. The number of anilines is 1. The predicted octanol–water partition coefficient (Wildman–Crippen LogP) is 2.47. The van der Waals surface area contributed by atoms with Gasteiger partial charge in [0.1, 0.15) is 5.82 Å². The maximum atomic E-state index is 11.7. The highest BCUT2D eigenvalue weighted by atomic mass is 35.5. The first-order chi connectivity index (χ1) is 12.0. The molecule has 0 aliphatic heterocycles. The standard InChI is InChI=1S/C12H13ClN4O.C6H13N/c1-15-7-8-2-3-9(6-10(8)13)17-5-4-11(14)16-12(17)18;7-6-4-2-1-3-5-6/h2-6,15H,7H2,1H3,(H2,14,16,18);6H,1-5,7H2. The fourth-order valence-electron chi connectivity index (χ4n) is 2.77. The molecule has 0 spiro atoms. The molecule has 1 aromatic heterocycles. The molecule has 6 nitrogen and oxygen atoms in total. The molecule has 0 radical (unpaired) electrons. The number of nitrogens with one attached hydrogen (secondary N) is 1. The number of aromatic nitrogens is 2. The van der Waals surface area contributed by atoms with E-state index in [0.717, 1.165) is 5.56 Å². The fraction of sp³-hybridized carbons (Fsp3) is 0.444. The van der Waals surface area contributed by atoms with Crippen LogP contribution in [0.25, 0.3) is 5.69 Å². The molecule has 0 amide bonds. The van der Waals surface area contributed by atoms with Crippen LogP contribution < -0.4 is 22.5 Å². The highest BCUT2D eigenvalue weighted by Gasteiger charge is 2.06. The minimum absolute atomic E-state index is 0.203. The van der Waals surface area contributed by atoms with Crippen molar-refractivity contribution in [3.63, 3.8) is 0 Å². The van der Waals surface area contributed by atoms with Crippen LogP contribution in [0.5, 0.6) is 0 Å². The Morgan fingerprint density at radius 2 is 2.00 bits per heavy atom. The van der Waals surface area contributed by atoms with E-state index in [0.29, 0.717) is 23.3 Å². The molecule has 3 rings (SSSR count). The van der Waals surface area contributed by atoms with Gasteiger partial charge in [-0.3, -0.25) is 4.57 Å². The van der Waals surface area contributed by atoms with Crippen LogP contribution in [0.1, 0.15) is 37.7 Å². The van der Waals surface area contributed by atoms with E-state index in [1.807, 2.05) is 19.2 Å². The Morgan fingerprint density at radius 1 is 1.28 bits per heavy atom. The average Bonchev–Trinajstić information content (AvgIpc) is 2.58. The second-order valence-corrected chi connectivity index (χ2v) is 6.62.